The van der Waals surface area contributed by atoms with Crippen molar-refractivity contribution in [1.29, 1.82) is 0 Å². The van der Waals surface area contributed by atoms with Crippen LogP contribution in [0, 0.1) is 10.1 Å². The number of benzene rings is 1. The number of likely N-dealkylation sites (tertiary alicyclic amines) is 1. The largest absolute Gasteiger partial charge is 0.399 e. The molecule has 1 aliphatic heterocycles. The summed E-state index contributed by atoms with van der Waals surface area (Å²) in [5, 5.41) is 20.2. The van der Waals surface area contributed by atoms with Gasteiger partial charge >= 0.3 is 0 Å². The minimum absolute atomic E-state index is 0.00648. The van der Waals surface area contributed by atoms with Crippen LogP contribution in [0.25, 0.3) is 0 Å². The molecular formula is C14H19N3O4. The molecule has 1 heterocycles. The highest BCUT2D eigenvalue weighted by atomic mass is 16.6. The number of amides is 1. The number of rotatable bonds is 4. The normalized spacial score (nSPS) is 18.5. The molecule has 1 aromatic carbocycles. The minimum atomic E-state index is -0.572. The zero-order chi connectivity index (χ0) is 15.4. The molecule has 21 heavy (non-hydrogen) atoms. The van der Waals surface area contributed by atoms with E-state index in [4.69, 9.17) is 10.8 Å². The first-order valence-electron chi connectivity index (χ1n) is 7.00. The molecule has 1 unspecified atom stereocenters. The predicted octanol–water partition coefficient (Wildman–Crippen LogP) is 1.55. The van der Waals surface area contributed by atoms with E-state index in [0.717, 1.165) is 19.3 Å². The Balaban J connectivity index is 2.33. The molecular weight excluding hydrogens is 274 g/mol. The van der Waals surface area contributed by atoms with E-state index in [0.29, 0.717) is 18.7 Å². The molecule has 1 amide bonds. The Morgan fingerprint density at radius 1 is 1.48 bits per heavy atom. The van der Waals surface area contributed by atoms with Crippen molar-refractivity contribution in [3.8, 4) is 0 Å². The first kappa shape index (κ1) is 15.2. The fourth-order valence-electron chi connectivity index (χ4n) is 2.76. The SMILES string of the molecule is Nc1ccc([N+](=O)[O-])c(C(=O)N2CCCCC2CCO)c1. The number of piperidine rings is 1. The summed E-state index contributed by atoms with van der Waals surface area (Å²) in [5.74, 6) is -0.382. The molecule has 1 fully saturated rings. The van der Waals surface area contributed by atoms with Crippen LogP contribution in [0.15, 0.2) is 18.2 Å². The van der Waals surface area contributed by atoms with Crippen molar-refractivity contribution in [2.24, 2.45) is 0 Å². The second kappa shape index (κ2) is 6.53. The molecule has 2 rings (SSSR count). The van der Waals surface area contributed by atoms with Crippen LogP contribution in [-0.2, 0) is 0 Å². The van der Waals surface area contributed by atoms with Gasteiger partial charge in [-0.15, -0.1) is 0 Å². The van der Waals surface area contributed by atoms with Crippen molar-refractivity contribution < 1.29 is 14.8 Å². The Morgan fingerprint density at radius 3 is 2.90 bits per heavy atom. The Bertz CT molecular complexity index is 545. The second-order valence-corrected chi connectivity index (χ2v) is 5.19. The number of carbonyl (C=O) groups excluding carboxylic acids is 1. The number of nitro groups is 1. The van der Waals surface area contributed by atoms with Crippen LogP contribution < -0.4 is 5.73 Å². The van der Waals surface area contributed by atoms with Gasteiger partial charge in [0.1, 0.15) is 5.56 Å². The summed E-state index contributed by atoms with van der Waals surface area (Å²) >= 11 is 0. The first-order chi connectivity index (χ1) is 10.0. The van der Waals surface area contributed by atoms with Crippen molar-refractivity contribution in [2.45, 2.75) is 31.7 Å². The predicted molar refractivity (Wildman–Crippen MR) is 77.9 cm³/mol. The van der Waals surface area contributed by atoms with E-state index in [2.05, 4.69) is 0 Å². The number of aliphatic hydroxyl groups excluding tert-OH is 1. The van der Waals surface area contributed by atoms with Gasteiger partial charge in [-0.1, -0.05) is 0 Å². The molecule has 0 bridgehead atoms. The Kier molecular flexibility index (Phi) is 4.74. The maximum absolute atomic E-state index is 12.6. The van der Waals surface area contributed by atoms with Crippen LogP contribution in [0.3, 0.4) is 0 Å². The third-order valence-electron chi connectivity index (χ3n) is 3.80. The number of nitro benzene ring substituents is 1. The van der Waals surface area contributed by atoms with Gasteiger partial charge in [-0.2, -0.15) is 0 Å². The highest BCUT2D eigenvalue weighted by molar-refractivity contribution is 5.99. The summed E-state index contributed by atoms with van der Waals surface area (Å²) in [4.78, 5) is 24.8. The minimum Gasteiger partial charge on any atom is -0.399 e. The summed E-state index contributed by atoms with van der Waals surface area (Å²) in [7, 11) is 0. The van der Waals surface area contributed by atoms with Crippen molar-refractivity contribution in [3.05, 3.63) is 33.9 Å². The van der Waals surface area contributed by atoms with Gasteiger partial charge in [0.05, 0.1) is 4.92 Å². The van der Waals surface area contributed by atoms with Crippen molar-refractivity contribution >= 4 is 17.3 Å². The third-order valence-corrected chi connectivity index (χ3v) is 3.80. The molecule has 114 valence electrons. The number of nitrogen functional groups attached to an aromatic ring is 1. The molecule has 1 aromatic rings. The summed E-state index contributed by atoms with van der Waals surface area (Å²) in [5.41, 5.74) is 5.76. The quantitative estimate of drug-likeness (QED) is 0.497. The van der Waals surface area contributed by atoms with Gasteiger partial charge in [0.25, 0.3) is 11.6 Å². The highest BCUT2D eigenvalue weighted by Gasteiger charge is 2.31. The van der Waals surface area contributed by atoms with E-state index in [-0.39, 0.29) is 29.8 Å². The summed E-state index contributed by atoms with van der Waals surface area (Å²) in [6.45, 7) is 0.545. The van der Waals surface area contributed by atoms with Gasteiger partial charge in [-0.05, 0) is 37.8 Å². The maximum atomic E-state index is 12.6. The lowest BCUT2D eigenvalue weighted by atomic mass is 9.98. The smallest absolute Gasteiger partial charge is 0.282 e. The number of hydrogen-bond acceptors (Lipinski definition) is 5. The van der Waals surface area contributed by atoms with Crippen molar-refractivity contribution in [2.75, 3.05) is 18.9 Å². The fraction of sp³-hybridized carbons (Fsp3) is 0.500. The molecule has 3 N–H and O–H groups in total. The molecule has 0 radical (unpaired) electrons. The number of nitrogens with two attached hydrogens (primary N) is 1. The van der Waals surface area contributed by atoms with E-state index in [1.54, 1.807) is 4.90 Å². The van der Waals surface area contributed by atoms with Gasteiger partial charge in [-0.25, -0.2) is 0 Å². The van der Waals surface area contributed by atoms with Crippen LogP contribution in [-0.4, -0.2) is 40.0 Å². The van der Waals surface area contributed by atoms with Gasteiger partial charge in [0, 0.05) is 30.9 Å². The molecule has 1 aliphatic rings. The van der Waals surface area contributed by atoms with Gasteiger partial charge in [-0.3, -0.25) is 14.9 Å². The number of carbonyl (C=O) groups is 1. The lowest BCUT2D eigenvalue weighted by Crippen LogP contribution is -2.44. The lowest BCUT2D eigenvalue weighted by molar-refractivity contribution is -0.385. The molecule has 7 nitrogen and oxygen atoms in total. The molecule has 0 aromatic heterocycles. The topological polar surface area (TPSA) is 110 Å². The lowest BCUT2D eigenvalue weighted by Gasteiger charge is -2.35. The van der Waals surface area contributed by atoms with Gasteiger partial charge in [0.2, 0.25) is 0 Å². The van der Waals surface area contributed by atoms with E-state index in [9.17, 15) is 14.9 Å². The standard InChI is InChI=1S/C14H19N3O4/c15-10-4-5-13(17(20)21)12(9-10)14(19)16-7-2-1-3-11(16)6-8-18/h4-5,9,11,18H,1-3,6-8,15H2. The number of aliphatic hydroxyl groups is 1. The maximum Gasteiger partial charge on any atom is 0.282 e. The molecule has 1 saturated heterocycles. The Morgan fingerprint density at radius 2 is 2.24 bits per heavy atom. The number of nitrogens with zero attached hydrogens (tertiary/aromatic N) is 2. The molecule has 1 atom stereocenters. The fourth-order valence-corrected chi connectivity index (χ4v) is 2.76. The van der Waals surface area contributed by atoms with Crippen LogP contribution in [0.2, 0.25) is 0 Å². The zero-order valence-corrected chi connectivity index (χ0v) is 11.7. The molecule has 7 heteroatoms. The molecule has 0 aliphatic carbocycles. The van der Waals surface area contributed by atoms with Crippen molar-refractivity contribution in [1.82, 2.24) is 4.90 Å². The zero-order valence-electron chi connectivity index (χ0n) is 11.7. The summed E-state index contributed by atoms with van der Waals surface area (Å²) < 4.78 is 0. The van der Waals surface area contributed by atoms with Gasteiger partial charge in [0.15, 0.2) is 0 Å². The van der Waals surface area contributed by atoms with Crippen molar-refractivity contribution in [3.63, 3.8) is 0 Å². The number of hydrogen-bond donors (Lipinski definition) is 2. The number of anilines is 1. The Labute approximate surface area is 122 Å². The highest BCUT2D eigenvalue weighted by Crippen LogP contribution is 2.27. The van der Waals surface area contributed by atoms with E-state index < -0.39 is 4.92 Å². The molecule has 0 spiro atoms. The van der Waals surface area contributed by atoms with Crippen LogP contribution in [0.5, 0.6) is 0 Å². The van der Waals surface area contributed by atoms with Crippen LogP contribution in [0.1, 0.15) is 36.0 Å². The Hall–Kier alpha value is -2.15. The van der Waals surface area contributed by atoms with Gasteiger partial charge < -0.3 is 15.7 Å². The summed E-state index contributed by atoms with van der Waals surface area (Å²) in [6.07, 6.45) is 3.15. The second-order valence-electron chi connectivity index (χ2n) is 5.19. The van der Waals surface area contributed by atoms with E-state index >= 15 is 0 Å². The average molecular weight is 293 g/mol. The summed E-state index contributed by atoms with van der Waals surface area (Å²) in [6, 6.07) is 3.95. The third kappa shape index (κ3) is 3.30. The molecule has 0 saturated carbocycles. The van der Waals surface area contributed by atoms with Crippen LogP contribution >= 0.6 is 0 Å². The van der Waals surface area contributed by atoms with E-state index in [1.165, 1.54) is 18.2 Å². The first-order valence-corrected chi connectivity index (χ1v) is 7.00. The monoisotopic (exact) mass is 293 g/mol. The van der Waals surface area contributed by atoms with Crippen LogP contribution in [0.4, 0.5) is 11.4 Å². The van der Waals surface area contributed by atoms with E-state index in [1.807, 2.05) is 0 Å². The average Bonchev–Trinajstić information content (AvgIpc) is 2.47.